The van der Waals surface area contributed by atoms with Gasteiger partial charge in [0.15, 0.2) is 0 Å². The van der Waals surface area contributed by atoms with Crippen LogP contribution < -0.4 is 5.32 Å². The van der Waals surface area contributed by atoms with Crippen molar-refractivity contribution < 1.29 is 0 Å². The molecule has 0 radical (unpaired) electrons. The third-order valence-electron chi connectivity index (χ3n) is 3.80. The van der Waals surface area contributed by atoms with E-state index in [2.05, 4.69) is 35.9 Å². The lowest BCUT2D eigenvalue weighted by Gasteiger charge is -2.35. The standard InChI is InChI=1S/C12H24N2S/c1-10-8-14(2)5-3-12(10)13-7-11-4-6-15-9-11/h10-13H,3-9H2,1-2H3. The van der Waals surface area contributed by atoms with E-state index in [1.54, 1.807) is 0 Å². The first-order valence-corrected chi connectivity index (χ1v) is 7.41. The van der Waals surface area contributed by atoms with Crippen molar-refractivity contribution in [2.75, 3.05) is 38.2 Å². The fraction of sp³-hybridized carbons (Fsp3) is 1.00. The zero-order valence-corrected chi connectivity index (χ0v) is 10.9. The first-order chi connectivity index (χ1) is 7.25. The highest BCUT2D eigenvalue weighted by Crippen LogP contribution is 2.23. The molecule has 3 atom stereocenters. The van der Waals surface area contributed by atoms with Crippen LogP contribution in [0.1, 0.15) is 19.8 Å². The van der Waals surface area contributed by atoms with Crippen LogP contribution in [-0.2, 0) is 0 Å². The number of nitrogens with one attached hydrogen (secondary N) is 1. The fourth-order valence-electron chi connectivity index (χ4n) is 2.72. The van der Waals surface area contributed by atoms with Crippen molar-refractivity contribution in [2.45, 2.75) is 25.8 Å². The van der Waals surface area contributed by atoms with Gasteiger partial charge in [-0.2, -0.15) is 11.8 Å². The topological polar surface area (TPSA) is 15.3 Å². The normalized spacial score (nSPS) is 38.4. The number of hydrogen-bond donors (Lipinski definition) is 1. The van der Waals surface area contributed by atoms with Crippen molar-refractivity contribution in [1.29, 1.82) is 0 Å². The molecular formula is C12H24N2S. The van der Waals surface area contributed by atoms with Gasteiger partial charge >= 0.3 is 0 Å². The number of thioether (sulfide) groups is 1. The molecule has 3 unspecified atom stereocenters. The van der Waals surface area contributed by atoms with Gasteiger partial charge in [0.25, 0.3) is 0 Å². The summed E-state index contributed by atoms with van der Waals surface area (Å²) in [6, 6.07) is 0.770. The first kappa shape index (κ1) is 11.7. The Morgan fingerprint density at radius 1 is 1.40 bits per heavy atom. The van der Waals surface area contributed by atoms with Crippen molar-refractivity contribution in [3.05, 3.63) is 0 Å². The van der Waals surface area contributed by atoms with E-state index in [0.717, 1.165) is 17.9 Å². The number of likely N-dealkylation sites (tertiary alicyclic amines) is 1. The third-order valence-corrected chi connectivity index (χ3v) is 5.03. The maximum atomic E-state index is 3.79. The van der Waals surface area contributed by atoms with Crippen LogP contribution in [0, 0.1) is 11.8 Å². The molecule has 0 amide bonds. The zero-order chi connectivity index (χ0) is 10.7. The van der Waals surface area contributed by atoms with Gasteiger partial charge in [0.1, 0.15) is 0 Å². The molecule has 2 aliphatic rings. The number of rotatable bonds is 3. The summed E-state index contributed by atoms with van der Waals surface area (Å²) in [6.07, 6.45) is 2.76. The monoisotopic (exact) mass is 228 g/mol. The Morgan fingerprint density at radius 3 is 2.93 bits per heavy atom. The second-order valence-electron chi connectivity index (χ2n) is 5.27. The van der Waals surface area contributed by atoms with Gasteiger partial charge in [-0.15, -0.1) is 0 Å². The van der Waals surface area contributed by atoms with Crippen LogP contribution in [0.3, 0.4) is 0 Å². The quantitative estimate of drug-likeness (QED) is 0.791. The Balaban J connectivity index is 1.69. The molecule has 0 aliphatic carbocycles. The number of piperidine rings is 1. The van der Waals surface area contributed by atoms with Gasteiger partial charge in [-0.3, -0.25) is 0 Å². The maximum absolute atomic E-state index is 3.79. The SMILES string of the molecule is CC1CN(C)CCC1NCC1CCSC1. The molecule has 0 saturated carbocycles. The summed E-state index contributed by atoms with van der Waals surface area (Å²) in [5.74, 6) is 4.53. The highest BCUT2D eigenvalue weighted by atomic mass is 32.2. The lowest BCUT2D eigenvalue weighted by molar-refractivity contribution is 0.172. The van der Waals surface area contributed by atoms with Crippen LogP contribution in [-0.4, -0.2) is 49.1 Å². The molecule has 2 rings (SSSR count). The summed E-state index contributed by atoms with van der Waals surface area (Å²) in [4.78, 5) is 2.45. The van der Waals surface area contributed by atoms with Crippen LogP contribution in [0.5, 0.6) is 0 Å². The molecule has 1 N–H and O–H groups in total. The second kappa shape index (κ2) is 5.55. The second-order valence-corrected chi connectivity index (χ2v) is 6.42. The Labute approximate surface area is 98.2 Å². The van der Waals surface area contributed by atoms with Gasteiger partial charge in [0, 0.05) is 12.6 Å². The van der Waals surface area contributed by atoms with E-state index in [0.29, 0.717) is 0 Å². The summed E-state index contributed by atoms with van der Waals surface area (Å²) in [5, 5.41) is 3.79. The molecular weight excluding hydrogens is 204 g/mol. The van der Waals surface area contributed by atoms with Crippen LogP contribution in [0.15, 0.2) is 0 Å². The van der Waals surface area contributed by atoms with Crippen LogP contribution >= 0.6 is 11.8 Å². The first-order valence-electron chi connectivity index (χ1n) is 6.25. The van der Waals surface area contributed by atoms with Gasteiger partial charge in [-0.05, 0) is 56.3 Å². The molecule has 0 aromatic carbocycles. The van der Waals surface area contributed by atoms with Gasteiger partial charge in [-0.1, -0.05) is 6.92 Å². The molecule has 88 valence electrons. The van der Waals surface area contributed by atoms with Gasteiger partial charge < -0.3 is 10.2 Å². The summed E-state index contributed by atoms with van der Waals surface area (Å²) < 4.78 is 0. The lowest BCUT2D eigenvalue weighted by atomic mass is 9.93. The molecule has 15 heavy (non-hydrogen) atoms. The van der Waals surface area contributed by atoms with E-state index in [9.17, 15) is 0 Å². The van der Waals surface area contributed by atoms with Gasteiger partial charge in [-0.25, -0.2) is 0 Å². The number of hydrogen-bond acceptors (Lipinski definition) is 3. The molecule has 0 bridgehead atoms. The molecule has 3 heteroatoms. The summed E-state index contributed by atoms with van der Waals surface area (Å²) >= 11 is 2.12. The minimum atomic E-state index is 0.770. The zero-order valence-electron chi connectivity index (χ0n) is 10.0. The fourth-order valence-corrected chi connectivity index (χ4v) is 4.00. The van der Waals surface area contributed by atoms with E-state index in [-0.39, 0.29) is 0 Å². The summed E-state index contributed by atoms with van der Waals surface area (Å²) in [5.41, 5.74) is 0. The largest absolute Gasteiger partial charge is 0.313 e. The maximum Gasteiger partial charge on any atom is 0.0117 e. The van der Waals surface area contributed by atoms with Gasteiger partial charge in [0.2, 0.25) is 0 Å². The third kappa shape index (κ3) is 3.36. The average molecular weight is 228 g/mol. The highest BCUT2D eigenvalue weighted by Gasteiger charge is 2.25. The smallest absolute Gasteiger partial charge is 0.0117 e. The molecule has 0 spiro atoms. The molecule has 2 nitrogen and oxygen atoms in total. The van der Waals surface area contributed by atoms with Crippen molar-refractivity contribution in [3.63, 3.8) is 0 Å². The summed E-state index contributed by atoms with van der Waals surface area (Å²) in [7, 11) is 2.24. The molecule has 2 heterocycles. The average Bonchev–Trinajstić information content (AvgIpc) is 2.69. The van der Waals surface area contributed by atoms with E-state index < -0.39 is 0 Å². The predicted molar refractivity (Wildman–Crippen MR) is 68.5 cm³/mol. The minimum absolute atomic E-state index is 0.770. The van der Waals surface area contributed by atoms with Crippen molar-refractivity contribution in [3.8, 4) is 0 Å². The molecule has 2 fully saturated rings. The van der Waals surface area contributed by atoms with Crippen LogP contribution in [0.25, 0.3) is 0 Å². The Morgan fingerprint density at radius 2 is 2.27 bits per heavy atom. The van der Waals surface area contributed by atoms with E-state index >= 15 is 0 Å². The number of nitrogens with zero attached hydrogens (tertiary/aromatic N) is 1. The Kier molecular flexibility index (Phi) is 4.35. The van der Waals surface area contributed by atoms with E-state index in [1.165, 1.54) is 44.0 Å². The minimum Gasteiger partial charge on any atom is -0.313 e. The summed E-state index contributed by atoms with van der Waals surface area (Å²) in [6.45, 7) is 6.17. The van der Waals surface area contributed by atoms with Gasteiger partial charge in [0.05, 0.1) is 0 Å². The molecule has 0 aromatic heterocycles. The Hall–Kier alpha value is 0.270. The van der Waals surface area contributed by atoms with Crippen molar-refractivity contribution in [2.24, 2.45) is 11.8 Å². The Bertz CT molecular complexity index is 192. The van der Waals surface area contributed by atoms with Crippen LogP contribution in [0.4, 0.5) is 0 Å². The highest BCUT2D eigenvalue weighted by molar-refractivity contribution is 7.99. The lowest BCUT2D eigenvalue weighted by Crippen LogP contribution is -2.48. The predicted octanol–water partition coefficient (Wildman–Crippen LogP) is 1.67. The van der Waals surface area contributed by atoms with Crippen molar-refractivity contribution in [1.82, 2.24) is 10.2 Å². The van der Waals surface area contributed by atoms with E-state index in [4.69, 9.17) is 0 Å². The van der Waals surface area contributed by atoms with Crippen LogP contribution in [0.2, 0.25) is 0 Å². The molecule has 2 aliphatic heterocycles. The van der Waals surface area contributed by atoms with E-state index in [1.807, 2.05) is 0 Å². The molecule has 2 saturated heterocycles. The van der Waals surface area contributed by atoms with Crippen molar-refractivity contribution >= 4 is 11.8 Å². The molecule has 0 aromatic rings.